The van der Waals surface area contributed by atoms with Gasteiger partial charge in [-0.1, -0.05) is 41.9 Å². The number of rotatable bonds is 9. The fraction of sp³-hybridized carbons (Fsp3) is 0.189. The second-order valence-corrected chi connectivity index (χ2v) is 12.4. The van der Waals surface area contributed by atoms with Gasteiger partial charge >= 0.3 is 0 Å². The van der Waals surface area contributed by atoms with Gasteiger partial charge in [0.2, 0.25) is 0 Å². The number of ether oxygens (including phenoxy) is 1. The number of pyridine rings is 2. The Morgan fingerprint density at radius 3 is 2.44 bits per heavy atom. The number of nitrogens with one attached hydrogen (secondary N) is 1. The fourth-order valence-corrected chi connectivity index (χ4v) is 6.35. The van der Waals surface area contributed by atoms with Crippen molar-refractivity contribution in [2.24, 2.45) is 0 Å². The largest absolute Gasteiger partial charge is 0.379 e. The molecule has 0 saturated carbocycles. The maximum Gasteiger partial charge on any atom is 0.152 e. The number of fused-ring (bicyclic) bond motifs is 2. The van der Waals surface area contributed by atoms with Crippen LogP contribution in [0.25, 0.3) is 33.2 Å². The van der Waals surface area contributed by atoms with Gasteiger partial charge in [0, 0.05) is 72.2 Å². The third kappa shape index (κ3) is 6.21. The van der Waals surface area contributed by atoms with Gasteiger partial charge in [-0.25, -0.2) is 19.9 Å². The van der Waals surface area contributed by atoms with E-state index in [1.807, 2.05) is 65.6 Å². The number of hydrogen-bond acceptors (Lipinski definition) is 8. The van der Waals surface area contributed by atoms with Crippen LogP contribution in [0, 0.1) is 6.92 Å². The van der Waals surface area contributed by atoms with Crippen LogP contribution in [0.2, 0.25) is 5.02 Å². The summed E-state index contributed by atoms with van der Waals surface area (Å²) in [6.45, 7) is 6.85. The minimum atomic E-state index is 0.632. The molecule has 0 amide bonds. The fourth-order valence-electron chi connectivity index (χ4n) is 6.19. The average Bonchev–Trinajstić information content (AvgIpc) is 3.82. The quantitative estimate of drug-likeness (QED) is 0.173. The Bertz CT molecular complexity index is 2190. The summed E-state index contributed by atoms with van der Waals surface area (Å²) in [4.78, 5) is 24.0. The van der Waals surface area contributed by atoms with E-state index in [9.17, 15) is 0 Å². The molecule has 48 heavy (non-hydrogen) atoms. The van der Waals surface area contributed by atoms with E-state index in [1.165, 1.54) is 0 Å². The highest BCUT2D eigenvalue weighted by Crippen LogP contribution is 2.33. The number of imidazole rings is 2. The number of hydrogen-bond donors (Lipinski definition) is 1. The predicted octanol–water partition coefficient (Wildman–Crippen LogP) is 7.33. The van der Waals surface area contributed by atoms with Crippen LogP contribution in [-0.2, 0) is 4.74 Å². The number of nitrogens with zero attached hydrogens (tertiary/aromatic N) is 8. The summed E-state index contributed by atoms with van der Waals surface area (Å²) in [6.07, 6.45) is 9.46. The van der Waals surface area contributed by atoms with Crippen molar-refractivity contribution in [1.82, 2.24) is 34.0 Å². The molecule has 0 aliphatic carbocycles. The molecule has 4 aromatic heterocycles. The molecule has 8 rings (SSSR count). The van der Waals surface area contributed by atoms with E-state index in [2.05, 4.69) is 68.1 Å². The van der Waals surface area contributed by atoms with Gasteiger partial charge < -0.3 is 24.1 Å². The number of para-hydroxylation sites is 1. The van der Waals surface area contributed by atoms with E-state index in [0.717, 1.165) is 94.7 Å². The first kappa shape index (κ1) is 30.1. The first-order chi connectivity index (χ1) is 23.6. The Hall–Kier alpha value is -5.29. The van der Waals surface area contributed by atoms with Crippen LogP contribution in [0.3, 0.4) is 0 Å². The Morgan fingerprint density at radius 1 is 0.833 bits per heavy atom. The number of morpholine rings is 1. The summed E-state index contributed by atoms with van der Waals surface area (Å²) >= 11 is 6.48. The zero-order valence-electron chi connectivity index (χ0n) is 26.5. The van der Waals surface area contributed by atoms with E-state index < -0.39 is 0 Å². The van der Waals surface area contributed by atoms with E-state index in [4.69, 9.17) is 31.3 Å². The first-order valence-electron chi connectivity index (χ1n) is 16.0. The van der Waals surface area contributed by atoms with Crippen LogP contribution in [-0.4, -0.2) is 73.4 Å². The molecule has 3 aromatic carbocycles. The van der Waals surface area contributed by atoms with Crippen LogP contribution < -0.4 is 10.2 Å². The molecule has 10 nitrogen and oxygen atoms in total. The Morgan fingerprint density at radius 2 is 1.62 bits per heavy atom. The number of anilines is 4. The molecule has 1 N–H and O–H groups in total. The van der Waals surface area contributed by atoms with Crippen LogP contribution >= 0.6 is 11.6 Å². The third-order valence-electron chi connectivity index (χ3n) is 8.65. The van der Waals surface area contributed by atoms with Crippen molar-refractivity contribution in [2.45, 2.75) is 6.92 Å². The van der Waals surface area contributed by atoms with Crippen LogP contribution in [0.15, 0.2) is 110 Å². The van der Waals surface area contributed by atoms with Crippen molar-refractivity contribution >= 4 is 56.5 Å². The molecule has 1 fully saturated rings. The lowest BCUT2D eigenvalue weighted by atomic mass is 10.1. The summed E-state index contributed by atoms with van der Waals surface area (Å²) in [5.74, 6) is 2.31. The average molecular weight is 656 g/mol. The Balaban J connectivity index is 1.23. The van der Waals surface area contributed by atoms with Crippen molar-refractivity contribution in [2.75, 3.05) is 49.6 Å². The molecule has 1 saturated heterocycles. The van der Waals surface area contributed by atoms with Gasteiger partial charge in [-0.3, -0.25) is 4.90 Å². The van der Waals surface area contributed by atoms with E-state index in [-0.39, 0.29) is 0 Å². The standard InChI is InChI=1S/C37H34ClN9O/c1-26-7-9-29-31(19-26)42-35(41-28-5-3-2-4-6-28)21-33(29)46-23-37(40-25-46)47(14-13-44-15-17-48-18-16-44)36-22-34(45-12-11-39-24-45)30-10-8-27(38)20-32(30)43-36/h2-12,19-25H,13-18H2,1H3,(H,41,42). The van der Waals surface area contributed by atoms with Crippen LogP contribution in [0.4, 0.5) is 23.1 Å². The molecule has 1 aliphatic heterocycles. The molecule has 0 radical (unpaired) electrons. The highest BCUT2D eigenvalue weighted by Gasteiger charge is 2.21. The second-order valence-electron chi connectivity index (χ2n) is 11.9. The van der Waals surface area contributed by atoms with E-state index in [0.29, 0.717) is 11.6 Å². The summed E-state index contributed by atoms with van der Waals surface area (Å²) in [5.41, 5.74) is 5.76. The number of aromatic nitrogens is 6. The molecule has 7 aromatic rings. The van der Waals surface area contributed by atoms with Gasteiger partial charge in [0.05, 0.1) is 48.1 Å². The number of benzene rings is 3. The molecule has 11 heteroatoms. The number of halogens is 1. The van der Waals surface area contributed by atoms with Gasteiger partial charge in [-0.05, 0) is 48.9 Å². The zero-order valence-corrected chi connectivity index (χ0v) is 27.3. The molecule has 0 atom stereocenters. The van der Waals surface area contributed by atoms with Crippen LogP contribution in [0.1, 0.15) is 5.56 Å². The zero-order chi connectivity index (χ0) is 32.5. The topological polar surface area (TPSA) is 89.2 Å². The van der Waals surface area contributed by atoms with Gasteiger partial charge in [-0.15, -0.1) is 0 Å². The SMILES string of the molecule is Cc1ccc2c(-n3cnc(N(CCN4CCOCC4)c4cc(-n5ccnc5)c5ccc(Cl)cc5n4)c3)cc(Nc3ccccc3)nc2c1. The lowest BCUT2D eigenvalue weighted by molar-refractivity contribution is 0.0394. The van der Waals surface area contributed by atoms with Crippen molar-refractivity contribution in [3.05, 3.63) is 121 Å². The molecule has 5 heterocycles. The molecule has 0 unspecified atom stereocenters. The molecule has 1 aliphatic rings. The van der Waals surface area contributed by atoms with Crippen molar-refractivity contribution in [3.63, 3.8) is 0 Å². The predicted molar refractivity (Wildman–Crippen MR) is 191 cm³/mol. The lowest BCUT2D eigenvalue weighted by Gasteiger charge is -2.30. The monoisotopic (exact) mass is 655 g/mol. The maximum absolute atomic E-state index is 6.48. The van der Waals surface area contributed by atoms with Crippen LogP contribution in [0.5, 0.6) is 0 Å². The molecular formula is C37H34ClN9O. The normalized spacial score (nSPS) is 13.7. The molecule has 240 valence electrons. The van der Waals surface area contributed by atoms with Crippen molar-refractivity contribution < 1.29 is 4.74 Å². The van der Waals surface area contributed by atoms with Gasteiger partial charge in [0.25, 0.3) is 0 Å². The minimum absolute atomic E-state index is 0.632. The highest BCUT2D eigenvalue weighted by molar-refractivity contribution is 6.31. The lowest BCUT2D eigenvalue weighted by Crippen LogP contribution is -2.40. The maximum atomic E-state index is 6.48. The number of aryl methyl sites for hydroxylation is 1. The Kier molecular flexibility index (Phi) is 8.19. The van der Waals surface area contributed by atoms with E-state index >= 15 is 0 Å². The van der Waals surface area contributed by atoms with Gasteiger partial charge in [0.15, 0.2) is 5.82 Å². The van der Waals surface area contributed by atoms with E-state index in [1.54, 1.807) is 12.5 Å². The van der Waals surface area contributed by atoms with Crippen molar-refractivity contribution in [1.29, 1.82) is 0 Å². The molecular weight excluding hydrogens is 622 g/mol. The first-order valence-corrected chi connectivity index (χ1v) is 16.4. The van der Waals surface area contributed by atoms with Crippen molar-refractivity contribution in [3.8, 4) is 11.4 Å². The highest BCUT2D eigenvalue weighted by atomic mass is 35.5. The molecule has 0 bridgehead atoms. The minimum Gasteiger partial charge on any atom is -0.379 e. The van der Waals surface area contributed by atoms with Gasteiger partial charge in [0.1, 0.15) is 18.0 Å². The smallest absolute Gasteiger partial charge is 0.152 e. The Labute approximate surface area is 283 Å². The summed E-state index contributed by atoms with van der Waals surface area (Å²) in [5, 5.41) is 6.13. The third-order valence-corrected chi connectivity index (χ3v) is 8.89. The summed E-state index contributed by atoms with van der Waals surface area (Å²) in [6, 6.07) is 26.4. The summed E-state index contributed by atoms with van der Waals surface area (Å²) < 4.78 is 9.70. The second kappa shape index (κ2) is 13.1. The van der Waals surface area contributed by atoms with Gasteiger partial charge in [-0.2, -0.15) is 0 Å². The molecule has 0 spiro atoms. The summed E-state index contributed by atoms with van der Waals surface area (Å²) in [7, 11) is 0.